The maximum atomic E-state index is 13.5. The summed E-state index contributed by atoms with van der Waals surface area (Å²) in [6.45, 7) is 1.82. The van der Waals surface area contributed by atoms with Crippen molar-refractivity contribution in [2.75, 3.05) is 4.90 Å². The lowest BCUT2D eigenvalue weighted by Crippen LogP contribution is -2.74. The van der Waals surface area contributed by atoms with Crippen molar-refractivity contribution in [2.24, 2.45) is 0 Å². The molecule has 2 atom stereocenters. The van der Waals surface area contributed by atoms with Gasteiger partial charge in [-0.05, 0) is 47.5 Å². The molecule has 4 heteroatoms. The molecule has 0 unspecified atom stereocenters. The Labute approximate surface area is 181 Å². The van der Waals surface area contributed by atoms with Crippen LogP contribution in [0.4, 0.5) is 5.69 Å². The summed E-state index contributed by atoms with van der Waals surface area (Å²) < 4.78 is 0. The Bertz CT molecular complexity index is 1260. The predicted octanol–water partition coefficient (Wildman–Crippen LogP) is 5.12. The summed E-state index contributed by atoms with van der Waals surface area (Å²) in [6, 6.07) is 32.5. The van der Waals surface area contributed by atoms with Gasteiger partial charge in [-0.15, -0.1) is 0 Å². The molecule has 1 N–H and O–H groups in total. The minimum atomic E-state index is -1.06. The average Bonchev–Trinajstić information content (AvgIpc) is 2.83. The summed E-state index contributed by atoms with van der Waals surface area (Å²) in [6.07, 6.45) is 0. The van der Waals surface area contributed by atoms with E-state index >= 15 is 0 Å². The van der Waals surface area contributed by atoms with Crippen LogP contribution in [-0.4, -0.2) is 17.4 Å². The smallest absolute Gasteiger partial charge is 0.255 e. The second-order valence-corrected chi connectivity index (χ2v) is 8.00. The van der Waals surface area contributed by atoms with E-state index in [-0.39, 0.29) is 17.9 Å². The monoisotopic (exact) mass is 406 g/mol. The molecule has 0 aromatic heterocycles. The Hall–Kier alpha value is -3.92. The van der Waals surface area contributed by atoms with Crippen LogP contribution < -0.4 is 10.2 Å². The minimum Gasteiger partial charge on any atom is -0.336 e. The first-order chi connectivity index (χ1) is 15.1. The van der Waals surface area contributed by atoms with Gasteiger partial charge in [-0.2, -0.15) is 0 Å². The van der Waals surface area contributed by atoms with Crippen LogP contribution in [0.3, 0.4) is 0 Å². The highest BCUT2D eigenvalue weighted by Crippen LogP contribution is 2.47. The first-order valence-electron chi connectivity index (χ1n) is 10.3. The Balaban J connectivity index is 1.62. The summed E-state index contributed by atoms with van der Waals surface area (Å²) in [5, 5.41) is 5.22. The molecule has 0 saturated carbocycles. The number of nitrogens with one attached hydrogen (secondary N) is 1. The Kier molecular flexibility index (Phi) is 4.55. The molecule has 1 aliphatic rings. The molecule has 152 valence electrons. The van der Waals surface area contributed by atoms with E-state index in [9.17, 15) is 9.59 Å². The Morgan fingerprint density at radius 3 is 2.16 bits per heavy atom. The van der Waals surface area contributed by atoms with Crippen molar-refractivity contribution in [2.45, 2.75) is 18.5 Å². The lowest BCUT2D eigenvalue weighted by molar-refractivity contribution is -0.133. The van der Waals surface area contributed by atoms with E-state index in [2.05, 4.69) is 23.5 Å². The zero-order valence-corrected chi connectivity index (χ0v) is 17.2. The number of hydrogen-bond donors (Lipinski definition) is 1. The standard InChI is InChI=1S/C27H22N2O2/c1-27(28-25(30)20-12-4-2-5-13-20)24(29(26(27)31)21-15-6-3-7-16-21)23-18-10-14-19-11-8-9-17-22(19)23/h2-18,24H,1H3,(H,28,30)/t24-,27-/m1/s1. The molecular formula is C27H22N2O2. The normalized spacial score (nSPS) is 20.4. The maximum Gasteiger partial charge on any atom is 0.255 e. The van der Waals surface area contributed by atoms with Gasteiger partial charge in [0.25, 0.3) is 11.8 Å². The molecule has 1 fully saturated rings. The van der Waals surface area contributed by atoms with E-state index in [0.717, 1.165) is 22.0 Å². The lowest BCUT2D eigenvalue weighted by Gasteiger charge is -2.54. The highest BCUT2D eigenvalue weighted by atomic mass is 16.2. The number of rotatable bonds is 4. The molecule has 0 bridgehead atoms. The van der Waals surface area contributed by atoms with Gasteiger partial charge in [0, 0.05) is 11.3 Å². The number of nitrogens with zero attached hydrogens (tertiary/aromatic N) is 1. The van der Waals surface area contributed by atoms with Gasteiger partial charge in [0.1, 0.15) is 5.54 Å². The van der Waals surface area contributed by atoms with Gasteiger partial charge in [0.2, 0.25) is 0 Å². The molecule has 0 aliphatic carbocycles. The fraction of sp³-hybridized carbons (Fsp3) is 0.111. The van der Waals surface area contributed by atoms with Gasteiger partial charge in [-0.3, -0.25) is 14.5 Å². The van der Waals surface area contributed by atoms with Crippen LogP contribution in [0, 0.1) is 0 Å². The van der Waals surface area contributed by atoms with Gasteiger partial charge in [0.15, 0.2) is 0 Å². The van der Waals surface area contributed by atoms with Crippen molar-refractivity contribution in [3.05, 3.63) is 114 Å². The van der Waals surface area contributed by atoms with E-state index in [1.54, 1.807) is 17.0 Å². The number of para-hydroxylation sites is 1. The van der Waals surface area contributed by atoms with Gasteiger partial charge < -0.3 is 5.32 Å². The van der Waals surface area contributed by atoms with Crippen LogP contribution in [0.25, 0.3) is 10.8 Å². The SMILES string of the molecule is C[C@]1(NC(=O)c2ccccc2)C(=O)N(c2ccccc2)[C@@H]1c1cccc2ccccc12. The van der Waals surface area contributed by atoms with Crippen molar-refractivity contribution in [1.82, 2.24) is 5.32 Å². The van der Waals surface area contributed by atoms with E-state index in [1.165, 1.54) is 0 Å². The second-order valence-electron chi connectivity index (χ2n) is 8.00. The molecule has 0 spiro atoms. The quantitative estimate of drug-likeness (QED) is 0.479. The molecule has 0 radical (unpaired) electrons. The summed E-state index contributed by atoms with van der Waals surface area (Å²) >= 11 is 0. The lowest BCUT2D eigenvalue weighted by atomic mass is 9.74. The molecule has 31 heavy (non-hydrogen) atoms. The first-order valence-corrected chi connectivity index (χ1v) is 10.3. The largest absolute Gasteiger partial charge is 0.336 e. The average molecular weight is 406 g/mol. The fourth-order valence-corrected chi connectivity index (χ4v) is 4.49. The number of amides is 2. The van der Waals surface area contributed by atoms with Crippen LogP contribution in [0.15, 0.2) is 103 Å². The van der Waals surface area contributed by atoms with E-state index in [4.69, 9.17) is 0 Å². The zero-order chi connectivity index (χ0) is 21.4. The topological polar surface area (TPSA) is 49.4 Å². The Morgan fingerprint density at radius 2 is 1.42 bits per heavy atom. The number of benzene rings is 4. The summed E-state index contributed by atoms with van der Waals surface area (Å²) in [7, 11) is 0. The maximum absolute atomic E-state index is 13.5. The summed E-state index contributed by atoms with van der Waals surface area (Å²) in [4.78, 5) is 28.3. The molecule has 1 heterocycles. The van der Waals surface area contributed by atoms with E-state index in [0.29, 0.717) is 5.56 Å². The number of anilines is 1. The number of fused-ring (bicyclic) bond motifs is 1. The van der Waals surface area contributed by atoms with Crippen LogP contribution in [0.2, 0.25) is 0 Å². The molecule has 4 nitrogen and oxygen atoms in total. The number of carbonyl (C=O) groups excluding carboxylic acids is 2. The molecule has 1 saturated heterocycles. The highest BCUT2D eigenvalue weighted by molar-refractivity contribution is 6.13. The highest BCUT2D eigenvalue weighted by Gasteiger charge is 2.60. The molecule has 2 amide bonds. The predicted molar refractivity (Wildman–Crippen MR) is 123 cm³/mol. The van der Waals surface area contributed by atoms with Crippen molar-refractivity contribution in [1.29, 1.82) is 0 Å². The number of β-lactam (4-membered cyclic amide) rings is 1. The van der Waals surface area contributed by atoms with E-state index in [1.807, 2.05) is 79.7 Å². The van der Waals surface area contributed by atoms with Crippen LogP contribution in [0.5, 0.6) is 0 Å². The van der Waals surface area contributed by atoms with Crippen molar-refractivity contribution >= 4 is 28.3 Å². The van der Waals surface area contributed by atoms with Crippen molar-refractivity contribution < 1.29 is 9.59 Å². The van der Waals surface area contributed by atoms with Crippen LogP contribution >= 0.6 is 0 Å². The number of hydrogen-bond acceptors (Lipinski definition) is 2. The van der Waals surface area contributed by atoms with Crippen LogP contribution in [0.1, 0.15) is 28.9 Å². The van der Waals surface area contributed by atoms with Gasteiger partial charge in [-0.25, -0.2) is 0 Å². The summed E-state index contributed by atoms with van der Waals surface area (Å²) in [5.41, 5.74) is 1.30. The van der Waals surface area contributed by atoms with E-state index < -0.39 is 5.54 Å². The Morgan fingerprint density at radius 1 is 0.806 bits per heavy atom. The van der Waals surface area contributed by atoms with Gasteiger partial charge >= 0.3 is 0 Å². The third kappa shape index (κ3) is 3.08. The third-order valence-corrected chi connectivity index (χ3v) is 6.03. The molecule has 4 aromatic rings. The number of carbonyl (C=O) groups is 2. The molecular weight excluding hydrogens is 384 g/mol. The third-order valence-electron chi connectivity index (χ3n) is 6.03. The van der Waals surface area contributed by atoms with Gasteiger partial charge in [0.05, 0.1) is 6.04 Å². The van der Waals surface area contributed by atoms with Gasteiger partial charge in [-0.1, -0.05) is 78.9 Å². The molecule has 5 rings (SSSR count). The molecule has 1 aliphatic heterocycles. The molecule has 4 aromatic carbocycles. The zero-order valence-electron chi connectivity index (χ0n) is 17.2. The fourth-order valence-electron chi connectivity index (χ4n) is 4.49. The second kappa shape index (κ2) is 7.40. The van der Waals surface area contributed by atoms with Crippen LogP contribution in [-0.2, 0) is 4.79 Å². The van der Waals surface area contributed by atoms with Crippen molar-refractivity contribution in [3.63, 3.8) is 0 Å². The first kappa shape index (κ1) is 19.1. The van der Waals surface area contributed by atoms with Crippen molar-refractivity contribution in [3.8, 4) is 0 Å². The summed E-state index contributed by atoms with van der Waals surface area (Å²) in [5.74, 6) is -0.379. The minimum absolute atomic E-state index is 0.124.